The van der Waals surface area contributed by atoms with Crippen molar-refractivity contribution in [2.75, 3.05) is 4.90 Å². The van der Waals surface area contributed by atoms with Gasteiger partial charge in [-0.1, -0.05) is 153 Å². The molecule has 1 heteroatoms. The Morgan fingerprint density at radius 3 is 1.57 bits per heavy atom. The van der Waals surface area contributed by atoms with E-state index in [0.29, 0.717) is 0 Å². The van der Waals surface area contributed by atoms with Gasteiger partial charge in [0, 0.05) is 22.5 Å². The molecule has 0 saturated carbocycles. The van der Waals surface area contributed by atoms with Gasteiger partial charge in [0.2, 0.25) is 0 Å². The average molecular weight is 654 g/mol. The van der Waals surface area contributed by atoms with E-state index in [0.717, 1.165) is 17.1 Å². The van der Waals surface area contributed by atoms with Crippen LogP contribution in [0.2, 0.25) is 0 Å². The topological polar surface area (TPSA) is 3.24 Å². The van der Waals surface area contributed by atoms with Crippen LogP contribution in [0.25, 0.3) is 55.3 Å². The standard InChI is InChI=1S/C50H39N/c1-34-12-11-17-40(30-34)47-32-39-16-8-7-15-38(39)31-46(47)37-22-26-42(27-23-37)51(41-24-20-36(21-25-41)35-13-5-4-6-14-35)43-28-29-45-44-18-9-10-19-48(44)50(2,3)49(45)33-43/h4-33H,1-3H3. The van der Waals surface area contributed by atoms with Gasteiger partial charge in [0.05, 0.1) is 0 Å². The molecule has 9 rings (SSSR count). The van der Waals surface area contributed by atoms with E-state index in [9.17, 15) is 0 Å². The van der Waals surface area contributed by atoms with Crippen molar-refractivity contribution >= 4 is 27.8 Å². The summed E-state index contributed by atoms with van der Waals surface area (Å²) < 4.78 is 0. The van der Waals surface area contributed by atoms with Crippen molar-refractivity contribution in [1.82, 2.24) is 0 Å². The SMILES string of the molecule is Cc1cccc(-c2cc3ccccc3cc2-c2ccc(N(c3ccc(-c4ccccc4)cc3)c3ccc4c(c3)C(C)(C)c3ccccc3-4)cc2)c1. The third kappa shape index (κ3) is 5.43. The molecule has 0 fully saturated rings. The molecule has 8 aromatic carbocycles. The first kappa shape index (κ1) is 30.8. The van der Waals surface area contributed by atoms with Gasteiger partial charge >= 0.3 is 0 Å². The smallest absolute Gasteiger partial charge is 0.0465 e. The zero-order chi connectivity index (χ0) is 34.5. The number of hydrogen-bond donors (Lipinski definition) is 0. The van der Waals surface area contributed by atoms with Crippen LogP contribution >= 0.6 is 0 Å². The molecule has 0 atom stereocenters. The van der Waals surface area contributed by atoms with Gasteiger partial charge in [-0.15, -0.1) is 0 Å². The van der Waals surface area contributed by atoms with Gasteiger partial charge in [-0.05, 0) is 122 Å². The Hall–Kier alpha value is -6.18. The van der Waals surface area contributed by atoms with Crippen LogP contribution in [0.3, 0.4) is 0 Å². The fraction of sp³-hybridized carbons (Fsp3) is 0.0800. The highest BCUT2D eigenvalue weighted by atomic mass is 15.1. The maximum Gasteiger partial charge on any atom is 0.0465 e. The molecule has 8 aromatic rings. The predicted molar refractivity (Wildman–Crippen MR) is 217 cm³/mol. The third-order valence-electron chi connectivity index (χ3n) is 10.7. The van der Waals surface area contributed by atoms with Crippen LogP contribution in [0.1, 0.15) is 30.5 Å². The van der Waals surface area contributed by atoms with Crippen molar-refractivity contribution < 1.29 is 0 Å². The van der Waals surface area contributed by atoms with Gasteiger partial charge < -0.3 is 4.90 Å². The molecule has 1 aliphatic carbocycles. The molecule has 0 bridgehead atoms. The molecule has 0 saturated heterocycles. The average Bonchev–Trinajstić information content (AvgIpc) is 3.41. The fourth-order valence-electron chi connectivity index (χ4n) is 8.03. The van der Waals surface area contributed by atoms with Crippen LogP contribution in [0.15, 0.2) is 182 Å². The zero-order valence-electron chi connectivity index (χ0n) is 29.3. The first-order valence-corrected chi connectivity index (χ1v) is 17.8. The summed E-state index contributed by atoms with van der Waals surface area (Å²) in [4.78, 5) is 2.40. The Morgan fingerprint density at radius 1 is 0.353 bits per heavy atom. The van der Waals surface area contributed by atoms with E-state index in [-0.39, 0.29) is 5.41 Å². The predicted octanol–water partition coefficient (Wildman–Crippen LogP) is 13.9. The summed E-state index contributed by atoms with van der Waals surface area (Å²) in [6.45, 7) is 6.87. The lowest BCUT2D eigenvalue weighted by atomic mass is 9.82. The summed E-state index contributed by atoms with van der Waals surface area (Å²) in [6, 6.07) is 66.8. The summed E-state index contributed by atoms with van der Waals surface area (Å²) in [5.41, 5.74) is 17.3. The largest absolute Gasteiger partial charge is 0.310 e. The van der Waals surface area contributed by atoms with Crippen LogP contribution in [0, 0.1) is 6.92 Å². The molecule has 0 radical (unpaired) electrons. The summed E-state index contributed by atoms with van der Waals surface area (Å²) >= 11 is 0. The second kappa shape index (κ2) is 12.3. The quantitative estimate of drug-likeness (QED) is 0.173. The number of rotatable bonds is 6. The van der Waals surface area contributed by atoms with E-state index in [4.69, 9.17) is 0 Å². The second-order valence-corrected chi connectivity index (χ2v) is 14.3. The van der Waals surface area contributed by atoms with Crippen LogP contribution in [0.5, 0.6) is 0 Å². The van der Waals surface area contributed by atoms with Crippen LogP contribution < -0.4 is 4.90 Å². The lowest BCUT2D eigenvalue weighted by Gasteiger charge is -2.28. The van der Waals surface area contributed by atoms with Gasteiger partial charge in [-0.3, -0.25) is 0 Å². The number of anilines is 3. The maximum atomic E-state index is 2.41. The van der Waals surface area contributed by atoms with Crippen molar-refractivity contribution in [2.45, 2.75) is 26.2 Å². The molecule has 1 nitrogen and oxygen atoms in total. The summed E-state index contributed by atoms with van der Waals surface area (Å²) in [5, 5.41) is 2.50. The molecular weight excluding hydrogens is 615 g/mol. The second-order valence-electron chi connectivity index (χ2n) is 14.3. The van der Waals surface area contributed by atoms with E-state index in [1.165, 1.54) is 72.0 Å². The van der Waals surface area contributed by atoms with Crippen LogP contribution in [-0.4, -0.2) is 0 Å². The minimum Gasteiger partial charge on any atom is -0.310 e. The molecule has 0 spiro atoms. The van der Waals surface area contributed by atoms with Crippen LogP contribution in [0.4, 0.5) is 17.1 Å². The molecule has 51 heavy (non-hydrogen) atoms. The van der Waals surface area contributed by atoms with E-state index in [2.05, 4.69) is 208 Å². The minimum atomic E-state index is -0.0864. The summed E-state index contributed by atoms with van der Waals surface area (Å²) in [5.74, 6) is 0. The fourth-order valence-corrected chi connectivity index (χ4v) is 8.03. The third-order valence-corrected chi connectivity index (χ3v) is 10.7. The zero-order valence-corrected chi connectivity index (χ0v) is 29.3. The molecular formula is C50H39N. The highest BCUT2D eigenvalue weighted by Crippen LogP contribution is 2.50. The van der Waals surface area contributed by atoms with Crippen molar-refractivity contribution in [2.24, 2.45) is 0 Å². The Bertz CT molecular complexity index is 2540. The van der Waals surface area contributed by atoms with E-state index in [1.807, 2.05) is 0 Å². The van der Waals surface area contributed by atoms with Gasteiger partial charge in [-0.25, -0.2) is 0 Å². The van der Waals surface area contributed by atoms with E-state index >= 15 is 0 Å². The van der Waals surface area contributed by atoms with Gasteiger partial charge in [0.15, 0.2) is 0 Å². The molecule has 0 aromatic heterocycles. The molecule has 244 valence electrons. The summed E-state index contributed by atoms with van der Waals surface area (Å²) in [7, 11) is 0. The maximum absolute atomic E-state index is 2.41. The highest BCUT2D eigenvalue weighted by Gasteiger charge is 2.35. The Labute approximate surface area is 301 Å². The van der Waals surface area contributed by atoms with E-state index < -0.39 is 0 Å². The summed E-state index contributed by atoms with van der Waals surface area (Å²) in [6.07, 6.45) is 0. The number of benzene rings is 8. The van der Waals surface area contributed by atoms with Crippen LogP contribution in [-0.2, 0) is 5.41 Å². The number of hydrogen-bond acceptors (Lipinski definition) is 1. The van der Waals surface area contributed by atoms with Crippen molar-refractivity contribution in [3.8, 4) is 44.5 Å². The molecule has 0 amide bonds. The number of nitrogens with zero attached hydrogens (tertiary/aromatic N) is 1. The molecule has 0 N–H and O–H groups in total. The first-order chi connectivity index (χ1) is 24.9. The Kier molecular flexibility index (Phi) is 7.44. The van der Waals surface area contributed by atoms with Gasteiger partial charge in [0.25, 0.3) is 0 Å². The molecule has 1 aliphatic rings. The monoisotopic (exact) mass is 653 g/mol. The normalized spacial score (nSPS) is 12.8. The lowest BCUT2D eigenvalue weighted by molar-refractivity contribution is 0.660. The Morgan fingerprint density at radius 2 is 0.882 bits per heavy atom. The first-order valence-electron chi connectivity index (χ1n) is 17.8. The van der Waals surface area contributed by atoms with Crippen molar-refractivity contribution in [1.29, 1.82) is 0 Å². The number of fused-ring (bicyclic) bond motifs is 4. The van der Waals surface area contributed by atoms with E-state index in [1.54, 1.807) is 0 Å². The van der Waals surface area contributed by atoms with Gasteiger partial charge in [0.1, 0.15) is 0 Å². The highest BCUT2D eigenvalue weighted by molar-refractivity contribution is 5.97. The molecule has 0 aliphatic heterocycles. The molecule has 0 unspecified atom stereocenters. The van der Waals surface area contributed by atoms with Crippen molar-refractivity contribution in [3.63, 3.8) is 0 Å². The van der Waals surface area contributed by atoms with Gasteiger partial charge in [-0.2, -0.15) is 0 Å². The minimum absolute atomic E-state index is 0.0864. The Balaban J connectivity index is 1.17. The van der Waals surface area contributed by atoms with Crippen molar-refractivity contribution in [3.05, 3.63) is 199 Å². The number of aryl methyl sites for hydroxylation is 1. The molecule has 0 heterocycles. The lowest BCUT2D eigenvalue weighted by Crippen LogP contribution is -2.16.